The smallest absolute Gasteiger partial charge is 0.317 e. The van der Waals surface area contributed by atoms with Crippen molar-refractivity contribution in [3.63, 3.8) is 0 Å². The molecule has 0 spiro atoms. The summed E-state index contributed by atoms with van der Waals surface area (Å²) in [4.78, 5) is 57.5. The normalized spacial score (nSPS) is 23.3. The zero-order valence-electron chi connectivity index (χ0n) is 46.4. The number of hydrogen-bond donors (Lipinski definition) is 9. The number of aliphatic hydroxyl groups excluding tert-OH is 4. The van der Waals surface area contributed by atoms with Crippen molar-refractivity contribution in [2.75, 3.05) is 47.4 Å². The standard InChI is InChI=1S/C53H74N24O5/c1-3-17-72-25-36(57-29-72)12-16-54-51-65-47(43-49(67-51)74(30-58-43)39-9-10-40(20-39)76-60-22-37(26-78)69-76)62-32-5-7-33(8-6-32)64-53(82)73-18-13-34(14-19-73)63-48-44-50(68-52(66-48)55-15-11-35-24-71(4-2)28-56-35)75(31-59-44)41-21-42(46(81)45(41)80)77-61-23-38(27-79)70-77/h22-25,28-34,39-42,45-46,78-81H,3-21,26-27H2,1-2H3,(H,64,82)(H2,54,62,65,67)(H2,55,63,66,68)/t32-,33-,39-,40+,41+,42-,45-,46+/m0/s1. The highest BCUT2D eigenvalue weighted by Crippen LogP contribution is 2.41. The van der Waals surface area contributed by atoms with Crippen LogP contribution >= 0.6 is 0 Å². The Morgan fingerprint density at radius 3 is 1.78 bits per heavy atom. The molecule has 0 radical (unpaired) electrons. The van der Waals surface area contributed by atoms with E-state index in [9.17, 15) is 25.2 Å². The van der Waals surface area contributed by atoms with Crippen LogP contribution in [-0.4, -0.2) is 176 Å². The van der Waals surface area contributed by atoms with E-state index in [2.05, 4.69) is 86.1 Å². The Labute approximate surface area is 472 Å². The number of carbonyl (C=O) groups excluding carboxylic acids is 1. The second-order valence-electron chi connectivity index (χ2n) is 22.2. The van der Waals surface area contributed by atoms with E-state index in [1.165, 1.54) is 11.0 Å². The molecule has 1 aliphatic heterocycles. The Hall–Kier alpha value is -7.89. The first-order valence-corrected chi connectivity index (χ1v) is 29.1. The number of fused-ring (bicyclic) bond motifs is 2. The molecule has 8 aromatic heterocycles. The number of imidazole rings is 4. The van der Waals surface area contributed by atoms with E-state index in [0.717, 1.165) is 87.9 Å². The molecule has 1 saturated heterocycles. The van der Waals surface area contributed by atoms with Crippen molar-refractivity contribution in [2.45, 2.75) is 178 Å². The van der Waals surface area contributed by atoms with Crippen LogP contribution in [0, 0.1) is 0 Å². The molecule has 0 aromatic carbocycles. The van der Waals surface area contributed by atoms with E-state index in [0.29, 0.717) is 97.0 Å². The van der Waals surface area contributed by atoms with Gasteiger partial charge in [0.15, 0.2) is 34.0 Å². The number of anilines is 4. The lowest BCUT2D eigenvalue weighted by atomic mass is 9.91. The molecular weight excluding hydrogens is 1050 g/mol. The largest absolute Gasteiger partial charge is 0.390 e. The molecular formula is C53H74N24O5. The van der Waals surface area contributed by atoms with Gasteiger partial charge in [-0.3, -0.25) is 0 Å². The first kappa shape index (κ1) is 54.7. The molecule has 9 N–H and O–H groups in total. The second-order valence-corrected chi connectivity index (χ2v) is 22.2. The number of aliphatic hydroxyl groups is 4. The van der Waals surface area contributed by atoms with Gasteiger partial charge in [-0.25, -0.2) is 24.7 Å². The summed E-state index contributed by atoms with van der Waals surface area (Å²) >= 11 is 0. The molecule has 4 aliphatic rings. The van der Waals surface area contributed by atoms with Gasteiger partial charge >= 0.3 is 6.03 Å². The number of likely N-dealkylation sites (tertiary alicyclic amines) is 1. The van der Waals surface area contributed by atoms with E-state index in [-0.39, 0.29) is 55.9 Å². The lowest BCUT2D eigenvalue weighted by Gasteiger charge is -2.35. The van der Waals surface area contributed by atoms with Gasteiger partial charge in [0.05, 0.1) is 74.4 Å². The SMILES string of the molecule is CCCn1cnc(CCNc2nc(N[C@H]3CC[C@H](NC(=O)N4CCC(Nc5nc(NCCc6cn(CC)cn6)nc6c5ncn6[C@@H]5C[C@H](n6ncc(CO)n6)[C@@H](O)[C@H]5O)CC4)CC3)c3ncn([C@H]4CC[C@@H](n5ncc(CO)n5)C4)c3n2)c1. The summed E-state index contributed by atoms with van der Waals surface area (Å²) in [5, 5.41) is 76.9. The molecule has 4 fully saturated rings. The summed E-state index contributed by atoms with van der Waals surface area (Å²) < 4.78 is 8.09. The molecule has 2 amide bonds. The third kappa shape index (κ3) is 11.8. The van der Waals surface area contributed by atoms with Gasteiger partial charge in [0, 0.05) is 88.7 Å². The van der Waals surface area contributed by atoms with Crippen molar-refractivity contribution in [2.24, 2.45) is 0 Å². The van der Waals surface area contributed by atoms with Crippen molar-refractivity contribution in [3.8, 4) is 0 Å². The lowest BCUT2D eigenvalue weighted by Crippen LogP contribution is -2.50. The quantitative estimate of drug-likeness (QED) is 0.0471. The maximum atomic E-state index is 13.9. The van der Waals surface area contributed by atoms with E-state index in [4.69, 9.17) is 29.9 Å². The fourth-order valence-electron chi connectivity index (χ4n) is 12.2. The highest BCUT2D eigenvalue weighted by atomic mass is 16.3. The maximum Gasteiger partial charge on any atom is 0.317 e. The van der Waals surface area contributed by atoms with Gasteiger partial charge in [0.25, 0.3) is 0 Å². The molecule has 0 bridgehead atoms. The topological polar surface area (TPSA) is 346 Å². The van der Waals surface area contributed by atoms with Crippen LogP contribution < -0.4 is 26.6 Å². The van der Waals surface area contributed by atoms with Gasteiger partial charge < -0.3 is 70.2 Å². The van der Waals surface area contributed by atoms with Crippen LogP contribution in [0.5, 0.6) is 0 Å². The van der Waals surface area contributed by atoms with Crippen molar-refractivity contribution in [3.05, 3.63) is 72.9 Å². The maximum absolute atomic E-state index is 13.9. The van der Waals surface area contributed by atoms with E-state index >= 15 is 0 Å². The van der Waals surface area contributed by atoms with Crippen molar-refractivity contribution in [1.82, 2.24) is 98.3 Å². The van der Waals surface area contributed by atoms with Crippen molar-refractivity contribution >= 4 is 51.9 Å². The lowest BCUT2D eigenvalue weighted by molar-refractivity contribution is 0.00491. The number of piperidine rings is 1. The van der Waals surface area contributed by atoms with Gasteiger partial charge in [-0.1, -0.05) is 6.92 Å². The van der Waals surface area contributed by atoms with E-state index in [1.807, 2.05) is 34.6 Å². The Morgan fingerprint density at radius 2 is 1.16 bits per heavy atom. The Balaban J connectivity index is 0.673. The molecule has 82 heavy (non-hydrogen) atoms. The van der Waals surface area contributed by atoms with Gasteiger partial charge in [-0.2, -0.15) is 49.9 Å². The number of carbonyl (C=O) groups is 1. The molecule has 6 atom stereocenters. The number of nitrogens with one attached hydrogen (secondary N) is 5. The fourth-order valence-corrected chi connectivity index (χ4v) is 12.2. The molecule has 3 aliphatic carbocycles. The number of rotatable bonds is 22. The molecule has 29 heteroatoms. The molecule has 29 nitrogen and oxygen atoms in total. The third-order valence-electron chi connectivity index (χ3n) is 16.7. The number of amides is 2. The monoisotopic (exact) mass is 1130 g/mol. The summed E-state index contributed by atoms with van der Waals surface area (Å²) in [5.74, 6) is 2.10. The molecule has 8 aromatic rings. The molecule has 436 valence electrons. The van der Waals surface area contributed by atoms with Gasteiger partial charge in [-0.05, 0) is 77.6 Å². The minimum absolute atomic E-state index is 0.0179. The van der Waals surface area contributed by atoms with Crippen LogP contribution in [0.4, 0.5) is 28.3 Å². The summed E-state index contributed by atoms with van der Waals surface area (Å²) in [7, 11) is 0. The van der Waals surface area contributed by atoms with E-state index in [1.54, 1.807) is 21.9 Å². The summed E-state index contributed by atoms with van der Waals surface area (Å²) in [6, 6.07) is -0.955. The van der Waals surface area contributed by atoms with Crippen LogP contribution in [-0.2, 0) is 39.1 Å². The molecule has 0 unspecified atom stereocenters. The fraction of sp³-hybridized carbons (Fsp3) is 0.604. The Morgan fingerprint density at radius 1 is 0.598 bits per heavy atom. The summed E-state index contributed by atoms with van der Waals surface area (Å²) in [6.45, 7) is 7.77. The second kappa shape index (κ2) is 24.3. The summed E-state index contributed by atoms with van der Waals surface area (Å²) in [6.07, 6.45) is 22.0. The van der Waals surface area contributed by atoms with Crippen LogP contribution in [0.3, 0.4) is 0 Å². The zero-order valence-corrected chi connectivity index (χ0v) is 46.4. The number of hydrogen-bond acceptors (Lipinski definition) is 21. The third-order valence-corrected chi connectivity index (χ3v) is 16.7. The van der Waals surface area contributed by atoms with E-state index < -0.39 is 24.3 Å². The van der Waals surface area contributed by atoms with Crippen LogP contribution in [0.1, 0.15) is 131 Å². The highest BCUT2D eigenvalue weighted by Gasteiger charge is 2.45. The van der Waals surface area contributed by atoms with Crippen molar-refractivity contribution < 1.29 is 25.2 Å². The highest BCUT2D eigenvalue weighted by molar-refractivity contribution is 5.85. The predicted octanol–water partition coefficient (Wildman–Crippen LogP) is 3.15. The van der Waals surface area contributed by atoms with Crippen molar-refractivity contribution in [1.29, 1.82) is 0 Å². The minimum Gasteiger partial charge on any atom is -0.390 e. The number of aromatic nitrogens is 18. The Bertz CT molecular complexity index is 3420. The first-order valence-electron chi connectivity index (χ1n) is 29.1. The molecule has 3 saturated carbocycles. The van der Waals surface area contributed by atoms with Gasteiger partial charge in [0.1, 0.15) is 29.6 Å². The predicted molar refractivity (Wildman–Crippen MR) is 300 cm³/mol. The first-order chi connectivity index (χ1) is 40.1. The number of aryl methyl sites for hydroxylation is 2. The Kier molecular flexibility index (Phi) is 16.2. The van der Waals surface area contributed by atoms with Crippen LogP contribution in [0.2, 0.25) is 0 Å². The molecule has 9 heterocycles. The minimum atomic E-state index is -1.18. The average molecular weight is 1130 g/mol. The average Bonchev–Trinajstić information content (AvgIpc) is 4.49. The summed E-state index contributed by atoms with van der Waals surface area (Å²) in [5.41, 5.74) is 5.34. The van der Waals surface area contributed by atoms with Gasteiger partial charge in [-0.15, -0.1) is 0 Å². The van der Waals surface area contributed by atoms with Gasteiger partial charge in [0.2, 0.25) is 11.9 Å². The van der Waals surface area contributed by atoms with Crippen LogP contribution in [0.15, 0.2) is 50.1 Å². The number of urea groups is 1. The number of nitrogens with zero attached hydrogens (tertiary/aromatic N) is 19. The van der Waals surface area contributed by atoms with Crippen LogP contribution in [0.25, 0.3) is 22.3 Å². The molecule has 12 rings (SSSR count). The zero-order chi connectivity index (χ0) is 56.3.